The van der Waals surface area contributed by atoms with Crippen LogP contribution < -0.4 is 15.0 Å². The fraction of sp³-hybridized carbons (Fsp3) is 0.391. The molecule has 3 amide bonds. The van der Waals surface area contributed by atoms with Gasteiger partial charge >= 0.3 is 6.03 Å². The second kappa shape index (κ2) is 7.39. The average molecular weight is 468 g/mol. The molecule has 172 valence electrons. The van der Waals surface area contributed by atoms with E-state index in [1.165, 1.54) is 16.2 Å². The Bertz CT molecular complexity index is 1270. The quantitative estimate of drug-likeness (QED) is 0.570. The van der Waals surface area contributed by atoms with E-state index in [0.29, 0.717) is 30.5 Å². The molecule has 1 fully saturated rings. The van der Waals surface area contributed by atoms with Crippen molar-refractivity contribution in [3.05, 3.63) is 35.5 Å². The number of amides is 3. The minimum atomic E-state index is -1.000. The molecule has 0 radical (unpaired) electrons. The predicted octanol–water partition coefficient (Wildman–Crippen LogP) is 3.21. The smallest absolute Gasteiger partial charge is 0.331 e. The summed E-state index contributed by atoms with van der Waals surface area (Å²) in [6.45, 7) is 7.78. The van der Waals surface area contributed by atoms with Gasteiger partial charge in [0.1, 0.15) is 11.3 Å². The minimum absolute atomic E-state index is 0.337. The molecule has 9 nitrogen and oxygen atoms in total. The first-order chi connectivity index (χ1) is 15.5. The van der Waals surface area contributed by atoms with Crippen LogP contribution in [0.2, 0.25) is 0 Å². The Kier molecular flexibility index (Phi) is 4.84. The maximum absolute atomic E-state index is 12.4. The lowest BCUT2D eigenvalue weighted by Gasteiger charge is -2.25. The van der Waals surface area contributed by atoms with Gasteiger partial charge in [-0.15, -0.1) is 11.3 Å². The predicted molar refractivity (Wildman–Crippen MR) is 124 cm³/mol. The number of thiazole rings is 1. The van der Waals surface area contributed by atoms with E-state index in [1.54, 1.807) is 38.6 Å². The number of anilines is 1. The lowest BCUT2D eigenvalue weighted by molar-refractivity contribution is -0.122. The molecule has 2 N–H and O–H groups in total. The number of rotatable bonds is 4. The highest BCUT2D eigenvalue weighted by Crippen LogP contribution is 2.43. The summed E-state index contributed by atoms with van der Waals surface area (Å²) in [5, 5.41) is 17.3. The number of aromatic nitrogens is 3. The number of nitrogens with one attached hydrogen (secondary N) is 1. The first-order valence-corrected chi connectivity index (χ1v) is 11.5. The number of aliphatic hydroxyl groups is 1. The summed E-state index contributed by atoms with van der Waals surface area (Å²) < 4.78 is 7.75. The molecular formula is C23H25N5O4S. The number of nitrogens with zero attached hydrogens (tertiary/aromatic N) is 4. The lowest BCUT2D eigenvalue weighted by Crippen LogP contribution is -2.44. The molecule has 10 heteroatoms. The van der Waals surface area contributed by atoms with Gasteiger partial charge in [-0.25, -0.2) is 9.78 Å². The fourth-order valence-corrected chi connectivity index (χ4v) is 5.27. The van der Waals surface area contributed by atoms with Gasteiger partial charge in [0.05, 0.1) is 30.6 Å². The van der Waals surface area contributed by atoms with Crippen molar-refractivity contribution in [2.75, 3.05) is 11.5 Å². The van der Waals surface area contributed by atoms with Gasteiger partial charge in [-0.3, -0.25) is 19.7 Å². The second-order valence-electron chi connectivity index (χ2n) is 9.47. The van der Waals surface area contributed by atoms with Gasteiger partial charge in [0, 0.05) is 28.6 Å². The number of benzene rings is 1. The average Bonchev–Trinajstić information content (AvgIpc) is 3.35. The maximum Gasteiger partial charge on any atom is 0.331 e. The largest absolute Gasteiger partial charge is 0.492 e. The topological polar surface area (TPSA) is 110 Å². The molecule has 0 unspecified atom stereocenters. The highest BCUT2D eigenvalue weighted by Gasteiger charge is 2.48. The lowest BCUT2D eigenvalue weighted by atomic mass is 10.0. The van der Waals surface area contributed by atoms with Crippen LogP contribution in [-0.2, 0) is 17.8 Å². The first kappa shape index (κ1) is 21.6. The number of imide groups is 1. The van der Waals surface area contributed by atoms with Crippen molar-refractivity contribution in [1.29, 1.82) is 0 Å². The van der Waals surface area contributed by atoms with Crippen molar-refractivity contribution >= 4 is 28.4 Å². The number of hydrogen-bond acceptors (Lipinski definition) is 7. The Morgan fingerprint density at radius 1 is 1.27 bits per heavy atom. The van der Waals surface area contributed by atoms with E-state index in [0.717, 1.165) is 27.3 Å². The van der Waals surface area contributed by atoms with E-state index in [9.17, 15) is 14.7 Å². The summed E-state index contributed by atoms with van der Waals surface area (Å²) in [6.07, 6.45) is 4.32. The third kappa shape index (κ3) is 3.79. The summed E-state index contributed by atoms with van der Waals surface area (Å²) in [6, 6.07) is 5.46. The van der Waals surface area contributed by atoms with Gasteiger partial charge in [0.15, 0.2) is 5.13 Å². The number of carbonyl (C=O) groups excluding carboxylic acids is 2. The van der Waals surface area contributed by atoms with Crippen LogP contribution in [0.4, 0.5) is 9.93 Å². The summed E-state index contributed by atoms with van der Waals surface area (Å²) in [5.74, 6) is 0.371. The molecule has 0 atom stereocenters. The van der Waals surface area contributed by atoms with Crippen molar-refractivity contribution in [2.45, 2.75) is 51.8 Å². The van der Waals surface area contributed by atoms with E-state index in [-0.39, 0.29) is 5.91 Å². The molecule has 2 aliphatic heterocycles. The van der Waals surface area contributed by atoms with Gasteiger partial charge < -0.3 is 9.84 Å². The van der Waals surface area contributed by atoms with E-state index >= 15 is 0 Å². The normalized spacial score (nSPS) is 17.3. The molecule has 3 aromatic rings. The van der Waals surface area contributed by atoms with Crippen LogP contribution in [0.15, 0.2) is 30.6 Å². The van der Waals surface area contributed by atoms with Gasteiger partial charge in [-0.1, -0.05) is 6.07 Å². The molecule has 1 aromatic carbocycles. The molecule has 0 saturated carbocycles. The van der Waals surface area contributed by atoms with Crippen LogP contribution in [0.5, 0.6) is 5.75 Å². The number of carbonyl (C=O) groups is 2. The molecule has 1 saturated heterocycles. The van der Waals surface area contributed by atoms with Crippen molar-refractivity contribution in [3.8, 4) is 28.1 Å². The molecule has 0 aliphatic carbocycles. The fourth-order valence-electron chi connectivity index (χ4n) is 4.07. The van der Waals surface area contributed by atoms with Gasteiger partial charge in [0.25, 0.3) is 5.91 Å². The summed E-state index contributed by atoms with van der Waals surface area (Å²) >= 11 is 1.41. The van der Waals surface area contributed by atoms with Crippen molar-refractivity contribution in [2.24, 2.45) is 0 Å². The molecule has 4 heterocycles. The summed E-state index contributed by atoms with van der Waals surface area (Å²) in [4.78, 5) is 31.8. The zero-order valence-corrected chi connectivity index (χ0v) is 19.7. The second-order valence-corrected chi connectivity index (χ2v) is 10.5. The van der Waals surface area contributed by atoms with E-state index in [4.69, 9.17) is 9.72 Å². The van der Waals surface area contributed by atoms with E-state index in [1.807, 2.05) is 24.4 Å². The Hall–Kier alpha value is -3.24. The van der Waals surface area contributed by atoms with Crippen LogP contribution in [0.1, 0.15) is 32.6 Å². The number of fused-ring (bicyclic) bond motifs is 3. The molecular weight excluding hydrogens is 442 g/mol. The Morgan fingerprint density at radius 2 is 2.06 bits per heavy atom. The van der Waals surface area contributed by atoms with Crippen LogP contribution in [0, 0.1) is 0 Å². The number of ether oxygens (including phenoxy) is 1. The van der Waals surface area contributed by atoms with Gasteiger partial charge in [0.2, 0.25) is 0 Å². The SMILES string of the molecule is CC(C)(O)Cn1cc(-c2ccc3c(c2)OCCc2sc(N4C(=O)NC(=O)C4(C)C)nc2-3)cn1. The molecule has 0 bridgehead atoms. The van der Waals surface area contributed by atoms with Crippen LogP contribution in [0.25, 0.3) is 22.4 Å². The Balaban J connectivity index is 1.50. The minimum Gasteiger partial charge on any atom is -0.492 e. The van der Waals surface area contributed by atoms with Gasteiger partial charge in [-0.05, 0) is 45.4 Å². The third-order valence-corrected chi connectivity index (χ3v) is 6.85. The van der Waals surface area contributed by atoms with Crippen LogP contribution in [-0.4, -0.2) is 49.6 Å². The number of urea groups is 1. The Morgan fingerprint density at radius 3 is 2.76 bits per heavy atom. The van der Waals surface area contributed by atoms with Crippen molar-refractivity contribution < 1.29 is 19.4 Å². The van der Waals surface area contributed by atoms with Crippen LogP contribution >= 0.6 is 11.3 Å². The molecule has 5 rings (SSSR count). The van der Waals surface area contributed by atoms with E-state index in [2.05, 4.69) is 10.4 Å². The van der Waals surface area contributed by atoms with Crippen molar-refractivity contribution in [3.63, 3.8) is 0 Å². The Labute approximate surface area is 195 Å². The van der Waals surface area contributed by atoms with Gasteiger partial charge in [-0.2, -0.15) is 5.10 Å². The molecule has 2 aliphatic rings. The highest BCUT2D eigenvalue weighted by molar-refractivity contribution is 7.16. The number of hydrogen-bond donors (Lipinski definition) is 2. The molecule has 33 heavy (non-hydrogen) atoms. The van der Waals surface area contributed by atoms with Crippen molar-refractivity contribution in [1.82, 2.24) is 20.1 Å². The highest BCUT2D eigenvalue weighted by atomic mass is 32.1. The monoisotopic (exact) mass is 467 g/mol. The van der Waals surface area contributed by atoms with Crippen LogP contribution in [0.3, 0.4) is 0 Å². The third-order valence-electron chi connectivity index (χ3n) is 5.75. The molecule has 2 aromatic heterocycles. The standard InChI is InChI=1S/C23H25N5O4S/c1-22(2,31)12-27-11-14(10-24-27)13-5-6-15-16(9-13)32-8-7-17-18(15)25-21(33-17)28-20(30)26-19(29)23(28,3)4/h5-6,9-11,31H,7-8,12H2,1-4H3,(H,26,29,30). The summed E-state index contributed by atoms with van der Waals surface area (Å²) in [5.41, 5.74) is 1.63. The maximum atomic E-state index is 12.4. The van der Waals surface area contributed by atoms with E-state index < -0.39 is 17.2 Å². The zero-order valence-electron chi connectivity index (χ0n) is 18.9. The first-order valence-electron chi connectivity index (χ1n) is 10.7. The zero-order chi connectivity index (χ0) is 23.5. The summed E-state index contributed by atoms with van der Waals surface area (Å²) in [7, 11) is 0. The molecule has 0 spiro atoms.